The molecule has 108 valence electrons. The van der Waals surface area contributed by atoms with E-state index >= 15 is 0 Å². The summed E-state index contributed by atoms with van der Waals surface area (Å²) in [6.45, 7) is 4.83. The third-order valence-corrected chi connectivity index (χ3v) is 3.07. The maximum absolute atomic E-state index is 5.59. The number of benzene rings is 1. The monoisotopic (exact) mass is 290 g/mol. The Morgan fingerprint density at radius 1 is 1.05 bits per heavy atom. The van der Waals surface area contributed by atoms with E-state index in [2.05, 4.69) is 23.8 Å². The summed E-state index contributed by atoms with van der Waals surface area (Å²) in [6, 6.07) is 11.6. The quantitative estimate of drug-likeness (QED) is 0.596. The van der Waals surface area contributed by atoms with Gasteiger partial charge >= 0.3 is 0 Å². The van der Waals surface area contributed by atoms with Crippen LogP contribution >= 0.6 is 11.8 Å². The lowest BCUT2D eigenvalue weighted by atomic mass is 10.3. The van der Waals surface area contributed by atoms with Crippen molar-refractivity contribution in [2.75, 3.05) is 6.26 Å². The van der Waals surface area contributed by atoms with Gasteiger partial charge in [0.2, 0.25) is 0 Å². The van der Waals surface area contributed by atoms with Crippen molar-refractivity contribution in [1.29, 1.82) is 0 Å². The van der Waals surface area contributed by atoms with Crippen molar-refractivity contribution < 1.29 is 4.74 Å². The highest BCUT2D eigenvalue weighted by molar-refractivity contribution is 7.98. The topological polar surface area (TPSA) is 35.0 Å². The molecule has 0 radical (unpaired) electrons. The Kier molecular flexibility index (Phi) is 8.47. The summed E-state index contributed by atoms with van der Waals surface area (Å²) in [5.74, 6) is 0.854. The lowest BCUT2D eigenvalue weighted by molar-refractivity contribution is 0.300. The van der Waals surface area contributed by atoms with Gasteiger partial charge in [-0.05, 0) is 24.5 Å². The van der Waals surface area contributed by atoms with Gasteiger partial charge in [-0.1, -0.05) is 56.7 Å². The number of hydrogen-bond acceptors (Lipinski definition) is 4. The van der Waals surface area contributed by atoms with Gasteiger partial charge in [0.15, 0.2) is 5.16 Å². The Labute approximate surface area is 125 Å². The summed E-state index contributed by atoms with van der Waals surface area (Å²) in [4.78, 5) is 8.44. The van der Waals surface area contributed by atoms with Crippen LogP contribution in [0.25, 0.3) is 0 Å². The van der Waals surface area contributed by atoms with Gasteiger partial charge in [-0.2, -0.15) is 0 Å². The van der Waals surface area contributed by atoms with Crippen molar-refractivity contribution >= 4 is 11.8 Å². The number of hydrogen-bond donors (Lipinski definition) is 0. The molecule has 4 heteroatoms. The maximum Gasteiger partial charge on any atom is 0.187 e. The first-order valence-corrected chi connectivity index (χ1v) is 8.06. The van der Waals surface area contributed by atoms with Crippen molar-refractivity contribution in [3.05, 3.63) is 48.3 Å². The first-order chi connectivity index (χ1) is 9.80. The molecule has 3 nitrogen and oxygen atoms in total. The van der Waals surface area contributed by atoms with Crippen LogP contribution in [0.1, 0.15) is 32.4 Å². The minimum Gasteiger partial charge on any atom is -0.487 e. The number of para-hydroxylation sites is 1. The molecule has 2 rings (SSSR count). The minimum absolute atomic E-state index is 0.472. The molecule has 0 atom stereocenters. The summed E-state index contributed by atoms with van der Waals surface area (Å²) >= 11 is 1.53. The summed E-state index contributed by atoms with van der Waals surface area (Å²) < 4.78 is 5.59. The van der Waals surface area contributed by atoms with Gasteiger partial charge < -0.3 is 4.74 Å². The van der Waals surface area contributed by atoms with Gasteiger partial charge in [0.05, 0.1) is 5.69 Å². The predicted molar refractivity (Wildman–Crippen MR) is 85.2 cm³/mol. The zero-order chi connectivity index (χ0) is 14.6. The van der Waals surface area contributed by atoms with E-state index in [1.54, 1.807) is 6.20 Å². The molecule has 0 saturated heterocycles. The Balaban J connectivity index is 0.000000444. The molecule has 0 aliphatic heterocycles. The van der Waals surface area contributed by atoms with Gasteiger partial charge in [-0.3, -0.25) is 0 Å². The highest BCUT2D eigenvalue weighted by atomic mass is 32.2. The molecule has 0 N–H and O–H groups in total. The van der Waals surface area contributed by atoms with Crippen molar-refractivity contribution in [2.24, 2.45) is 0 Å². The Hall–Kier alpha value is -1.55. The van der Waals surface area contributed by atoms with E-state index in [-0.39, 0.29) is 0 Å². The smallest absolute Gasteiger partial charge is 0.187 e. The average molecular weight is 290 g/mol. The number of unbranched alkanes of at least 4 members (excludes halogenated alkanes) is 1. The predicted octanol–water partition coefficient (Wildman–Crippen LogP) is 4.58. The van der Waals surface area contributed by atoms with Crippen LogP contribution in [0.2, 0.25) is 0 Å². The molecule has 0 aliphatic rings. The second-order valence-electron chi connectivity index (χ2n) is 4.14. The fourth-order valence-electron chi connectivity index (χ4n) is 1.23. The van der Waals surface area contributed by atoms with Crippen LogP contribution in [0, 0.1) is 0 Å². The van der Waals surface area contributed by atoms with Gasteiger partial charge in [0.1, 0.15) is 12.4 Å². The summed E-state index contributed by atoms with van der Waals surface area (Å²) in [7, 11) is 0. The molecular weight excluding hydrogens is 268 g/mol. The number of nitrogens with zero attached hydrogens (tertiary/aromatic N) is 2. The van der Waals surface area contributed by atoms with E-state index in [0.717, 1.165) is 16.6 Å². The molecule has 1 aromatic heterocycles. The van der Waals surface area contributed by atoms with Gasteiger partial charge in [-0.15, -0.1) is 0 Å². The Morgan fingerprint density at radius 3 is 2.35 bits per heavy atom. The highest BCUT2D eigenvalue weighted by Crippen LogP contribution is 2.12. The largest absolute Gasteiger partial charge is 0.487 e. The SMILES string of the molecule is CCCC.CSc1nccc(COc2ccccc2)n1. The van der Waals surface area contributed by atoms with E-state index in [9.17, 15) is 0 Å². The molecule has 1 aromatic carbocycles. The highest BCUT2D eigenvalue weighted by Gasteiger charge is 1.99. The van der Waals surface area contributed by atoms with Crippen LogP contribution in [0.4, 0.5) is 0 Å². The normalized spacial score (nSPS) is 9.55. The number of aromatic nitrogens is 2. The van der Waals surface area contributed by atoms with Crippen molar-refractivity contribution in [3.8, 4) is 5.75 Å². The van der Waals surface area contributed by atoms with Crippen LogP contribution in [0.3, 0.4) is 0 Å². The van der Waals surface area contributed by atoms with E-state index in [1.807, 2.05) is 42.7 Å². The Morgan fingerprint density at radius 2 is 1.75 bits per heavy atom. The molecular formula is C16H22N2OS. The lowest BCUT2D eigenvalue weighted by Gasteiger charge is -2.05. The first-order valence-electron chi connectivity index (χ1n) is 6.83. The third kappa shape index (κ3) is 6.57. The second kappa shape index (κ2) is 10.3. The van der Waals surface area contributed by atoms with E-state index in [4.69, 9.17) is 4.74 Å². The van der Waals surface area contributed by atoms with Crippen molar-refractivity contribution in [2.45, 2.75) is 38.5 Å². The maximum atomic E-state index is 5.59. The molecule has 0 fully saturated rings. The second-order valence-corrected chi connectivity index (χ2v) is 4.91. The van der Waals surface area contributed by atoms with Crippen LogP contribution in [-0.4, -0.2) is 16.2 Å². The van der Waals surface area contributed by atoms with E-state index in [1.165, 1.54) is 24.6 Å². The van der Waals surface area contributed by atoms with Gasteiger partial charge in [-0.25, -0.2) is 9.97 Å². The zero-order valence-corrected chi connectivity index (χ0v) is 13.2. The van der Waals surface area contributed by atoms with Crippen LogP contribution in [-0.2, 0) is 6.61 Å². The van der Waals surface area contributed by atoms with Crippen LogP contribution in [0.15, 0.2) is 47.8 Å². The molecule has 0 amide bonds. The Bertz CT molecular complexity index is 475. The zero-order valence-electron chi connectivity index (χ0n) is 12.4. The van der Waals surface area contributed by atoms with Crippen LogP contribution < -0.4 is 4.74 Å². The fourth-order valence-corrected chi connectivity index (χ4v) is 1.60. The molecule has 0 aliphatic carbocycles. The average Bonchev–Trinajstić information content (AvgIpc) is 2.54. The van der Waals surface area contributed by atoms with Crippen molar-refractivity contribution in [3.63, 3.8) is 0 Å². The lowest BCUT2D eigenvalue weighted by Crippen LogP contribution is -1.99. The van der Waals surface area contributed by atoms with E-state index in [0.29, 0.717) is 6.61 Å². The molecule has 0 unspecified atom stereocenters. The molecule has 2 aromatic rings. The number of rotatable bonds is 5. The summed E-state index contributed by atoms with van der Waals surface area (Å²) in [6.07, 6.45) is 6.35. The molecule has 20 heavy (non-hydrogen) atoms. The standard InChI is InChI=1S/C12H12N2OS.C4H10/c1-16-12-13-8-7-10(14-12)9-15-11-5-3-2-4-6-11;1-3-4-2/h2-8H,9H2,1H3;3-4H2,1-2H3. The van der Waals surface area contributed by atoms with Gasteiger partial charge in [0, 0.05) is 6.20 Å². The molecule has 0 saturated carbocycles. The first kappa shape index (κ1) is 16.5. The molecule has 1 heterocycles. The van der Waals surface area contributed by atoms with Crippen LogP contribution in [0.5, 0.6) is 5.75 Å². The summed E-state index contributed by atoms with van der Waals surface area (Å²) in [5.41, 5.74) is 0.892. The summed E-state index contributed by atoms with van der Waals surface area (Å²) in [5, 5.41) is 0.772. The third-order valence-electron chi connectivity index (χ3n) is 2.50. The number of thioether (sulfide) groups is 1. The molecule has 0 spiro atoms. The van der Waals surface area contributed by atoms with Crippen molar-refractivity contribution in [1.82, 2.24) is 9.97 Å². The van der Waals surface area contributed by atoms with E-state index < -0.39 is 0 Å². The minimum atomic E-state index is 0.472. The molecule has 0 bridgehead atoms. The number of ether oxygens (including phenoxy) is 1. The van der Waals surface area contributed by atoms with Gasteiger partial charge in [0.25, 0.3) is 0 Å². The fraction of sp³-hybridized carbons (Fsp3) is 0.375.